The quantitative estimate of drug-likeness (QED) is 0.448. The van der Waals surface area contributed by atoms with Gasteiger partial charge in [0.1, 0.15) is 5.54 Å². The SMILES string of the molecule is CCc1ccc(-n2c(SCC(=O)NC3(C#N)CCCCC3)nc3ccccc3c2=O)cc1. The van der Waals surface area contributed by atoms with Crippen molar-refractivity contribution >= 4 is 28.6 Å². The van der Waals surface area contributed by atoms with Gasteiger partial charge < -0.3 is 5.32 Å². The summed E-state index contributed by atoms with van der Waals surface area (Å²) in [6.07, 6.45) is 5.26. The Kier molecular flexibility index (Phi) is 6.61. The Labute approximate surface area is 191 Å². The summed E-state index contributed by atoms with van der Waals surface area (Å²) in [4.78, 5) is 30.8. The van der Waals surface area contributed by atoms with E-state index in [2.05, 4.69) is 18.3 Å². The van der Waals surface area contributed by atoms with E-state index < -0.39 is 5.54 Å². The van der Waals surface area contributed by atoms with Crippen LogP contribution >= 0.6 is 11.8 Å². The minimum absolute atomic E-state index is 0.0846. The van der Waals surface area contributed by atoms with Crippen molar-refractivity contribution in [2.24, 2.45) is 0 Å². The second-order valence-corrected chi connectivity index (χ2v) is 9.11. The average Bonchev–Trinajstić information content (AvgIpc) is 2.83. The Morgan fingerprint density at radius 3 is 2.56 bits per heavy atom. The summed E-state index contributed by atoms with van der Waals surface area (Å²) in [5.41, 5.74) is 1.56. The lowest BCUT2D eigenvalue weighted by molar-refractivity contribution is -0.120. The summed E-state index contributed by atoms with van der Waals surface area (Å²) in [5, 5.41) is 13.6. The molecule has 0 unspecified atom stereocenters. The highest BCUT2D eigenvalue weighted by Gasteiger charge is 2.33. The summed E-state index contributed by atoms with van der Waals surface area (Å²) in [6, 6.07) is 17.4. The number of hydrogen-bond donors (Lipinski definition) is 1. The molecule has 32 heavy (non-hydrogen) atoms. The van der Waals surface area contributed by atoms with E-state index in [1.54, 1.807) is 16.7 Å². The molecule has 0 bridgehead atoms. The van der Waals surface area contributed by atoms with Crippen molar-refractivity contribution in [3.05, 3.63) is 64.4 Å². The van der Waals surface area contributed by atoms with Crippen LogP contribution in [-0.2, 0) is 11.2 Å². The topological polar surface area (TPSA) is 87.8 Å². The number of hydrogen-bond acceptors (Lipinski definition) is 5. The van der Waals surface area contributed by atoms with Crippen LogP contribution in [0.25, 0.3) is 16.6 Å². The van der Waals surface area contributed by atoms with E-state index in [0.29, 0.717) is 34.6 Å². The van der Waals surface area contributed by atoms with Crippen LogP contribution < -0.4 is 10.9 Å². The van der Waals surface area contributed by atoms with Gasteiger partial charge in [0.15, 0.2) is 5.16 Å². The number of thioether (sulfide) groups is 1. The molecule has 4 rings (SSSR count). The molecular weight excluding hydrogens is 420 g/mol. The number of nitrogens with one attached hydrogen (secondary N) is 1. The van der Waals surface area contributed by atoms with Gasteiger partial charge in [0, 0.05) is 0 Å². The van der Waals surface area contributed by atoms with E-state index in [1.165, 1.54) is 17.3 Å². The monoisotopic (exact) mass is 446 g/mol. The van der Waals surface area contributed by atoms with Gasteiger partial charge in [0.25, 0.3) is 5.56 Å². The van der Waals surface area contributed by atoms with Gasteiger partial charge in [-0.2, -0.15) is 5.26 Å². The summed E-state index contributed by atoms with van der Waals surface area (Å²) in [7, 11) is 0. The Morgan fingerprint density at radius 1 is 1.16 bits per heavy atom. The van der Waals surface area contributed by atoms with Crippen LogP contribution in [0, 0.1) is 11.3 Å². The van der Waals surface area contributed by atoms with E-state index >= 15 is 0 Å². The number of fused-ring (bicyclic) bond motifs is 1. The largest absolute Gasteiger partial charge is 0.337 e. The number of carbonyl (C=O) groups excluding carboxylic acids is 1. The van der Waals surface area contributed by atoms with Gasteiger partial charge in [-0.25, -0.2) is 4.98 Å². The molecule has 1 aliphatic rings. The van der Waals surface area contributed by atoms with Crippen LogP contribution in [0.15, 0.2) is 58.5 Å². The highest BCUT2D eigenvalue weighted by Crippen LogP contribution is 2.28. The van der Waals surface area contributed by atoms with Crippen molar-refractivity contribution < 1.29 is 4.79 Å². The first-order chi connectivity index (χ1) is 15.5. The van der Waals surface area contributed by atoms with Gasteiger partial charge in [-0.1, -0.05) is 62.2 Å². The number of para-hydroxylation sites is 1. The predicted molar refractivity (Wildman–Crippen MR) is 127 cm³/mol. The molecule has 2 aromatic carbocycles. The van der Waals surface area contributed by atoms with Crippen molar-refractivity contribution in [2.75, 3.05) is 5.75 Å². The first kappa shape index (κ1) is 22.1. The Hall–Kier alpha value is -3.11. The van der Waals surface area contributed by atoms with Crippen molar-refractivity contribution in [3.63, 3.8) is 0 Å². The van der Waals surface area contributed by atoms with Crippen LogP contribution in [0.3, 0.4) is 0 Å². The van der Waals surface area contributed by atoms with E-state index in [-0.39, 0.29) is 17.2 Å². The fraction of sp³-hybridized carbons (Fsp3) is 0.360. The Morgan fingerprint density at radius 2 is 1.88 bits per heavy atom. The molecule has 1 N–H and O–H groups in total. The predicted octanol–water partition coefficient (Wildman–Crippen LogP) is 4.38. The zero-order valence-corrected chi connectivity index (χ0v) is 19.0. The standard InChI is InChI=1S/C25H26N4O2S/c1-2-18-10-12-19(13-11-18)29-23(31)20-8-4-5-9-21(20)27-24(29)32-16-22(30)28-25(17-26)14-6-3-7-15-25/h4-5,8-13H,2-3,6-7,14-16H2,1H3,(H,28,30). The number of aromatic nitrogens is 2. The molecular formula is C25H26N4O2S. The molecule has 0 atom stereocenters. The fourth-order valence-corrected chi connectivity index (χ4v) is 4.98. The zero-order chi connectivity index (χ0) is 22.6. The van der Waals surface area contributed by atoms with Crippen LogP contribution in [0.5, 0.6) is 0 Å². The summed E-state index contributed by atoms with van der Waals surface area (Å²) in [5.74, 6) is -0.130. The lowest BCUT2D eigenvalue weighted by Crippen LogP contribution is -2.49. The third-order valence-corrected chi connectivity index (χ3v) is 6.92. The molecule has 6 nitrogen and oxygen atoms in total. The highest BCUT2D eigenvalue weighted by atomic mass is 32.2. The maximum Gasteiger partial charge on any atom is 0.266 e. The Bertz CT molecular complexity index is 1220. The minimum Gasteiger partial charge on any atom is -0.337 e. The number of benzene rings is 2. The van der Waals surface area contributed by atoms with Crippen molar-refractivity contribution in [2.45, 2.75) is 56.1 Å². The lowest BCUT2D eigenvalue weighted by Gasteiger charge is -2.31. The molecule has 0 saturated heterocycles. The Balaban J connectivity index is 1.64. The summed E-state index contributed by atoms with van der Waals surface area (Å²) >= 11 is 1.22. The molecule has 0 radical (unpaired) electrons. The molecule has 164 valence electrons. The van der Waals surface area contributed by atoms with E-state index in [0.717, 1.165) is 25.7 Å². The second-order valence-electron chi connectivity index (χ2n) is 8.16. The average molecular weight is 447 g/mol. The molecule has 1 saturated carbocycles. The van der Waals surface area contributed by atoms with Gasteiger partial charge in [-0.05, 0) is 49.1 Å². The second kappa shape index (κ2) is 9.58. The maximum atomic E-state index is 13.3. The molecule has 7 heteroatoms. The first-order valence-corrected chi connectivity index (χ1v) is 12.0. The molecule has 1 fully saturated rings. The van der Waals surface area contributed by atoms with Crippen LogP contribution in [0.4, 0.5) is 0 Å². The number of rotatable bonds is 6. The molecule has 1 aromatic heterocycles. The van der Waals surface area contributed by atoms with Gasteiger partial charge in [-0.3, -0.25) is 14.2 Å². The van der Waals surface area contributed by atoms with Crippen LogP contribution in [-0.4, -0.2) is 26.8 Å². The summed E-state index contributed by atoms with van der Waals surface area (Å²) in [6.45, 7) is 2.08. The first-order valence-electron chi connectivity index (χ1n) is 11.0. The smallest absolute Gasteiger partial charge is 0.266 e. The van der Waals surface area contributed by atoms with Gasteiger partial charge in [-0.15, -0.1) is 0 Å². The molecule has 1 aliphatic carbocycles. The van der Waals surface area contributed by atoms with Crippen molar-refractivity contribution in [3.8, 4) is 11.8 Å². The van der Waals surface area contributed by atoms with Crippen molar-refractivity contribution in [1.82, 2.24) is 14.9 Å². The van der Waals surface area contributed by atoms with Gasteiger partial charge in [0.2, 0.25) is 5.91 Å². The van der Waals surface area contributed by atoms with Crippen LogP contribution in [0.1, 0.15) is 44.6 Å². The number of nitrogens with zero attached hydrogens (tertiary/aromatic N) is 3. The van der Waals surface area contributed by atoms with Crippen LogP contribution in [0.2, 0.25) is 0 Å². The number of amides is 1. The fourth-order valence-electron chi connectivity index (χ4n) is 4.17. The normalized spacial score (nSPS) is 15.2. The van der Waals surface area contributed by atoms with Crippen molar-refractivity contribution in [1.29, 1.82) is 5.26 Å². The molecule has 1 amide bonds. The van der Waals surface area contributed by atoms with E-state index in [1.807, 2.05) is 36.4 Å². The molecule has 3 aromatic rings. The molecule has 0 spiro atoms. The third-order valence-electron chi connectivity index (χ3n) is 5.98. The minimum atomic E-state index is -0.775. The third kappa shape index (κ3) is 4.56. The molecule has 0 aliphatic heterocycles. The number of aryl methyl sites for hydroxylation is 1. The zero-order valence-electron chi connectivity index (χ0n) is 18.1. The number of carbonyl (C=O) groups is 1. The van der Waals surface area contributed by atoms with E-state index in [9.17, 15) is 14.9 Å². The van der Waals surface area contributed by atoms with Gasteiger partial charge >= 0.3 is 0 Å². The lowest BCUT2D eigenvalue weighted by atomic mass is 9.83. The number of nitriles is 1. The molecule has 1 heterocycles. The van der Waals surface area contributed by atoms with Gasteiger partial charge in [0.05, 0.1) is 28.4 Å². The summed E-state index contributed by atoms with van der Waals surface area (Å²) < 4.78 is 1.57. The highest BCUT2D eigenvalue weighted by molar-refractivity contribution is 7.99. The maximum absolute atomic E-state index is 13.3. The van der Waals surface area contributed by atoms with E-state index in [4.69, 9.17) is 4.98 Å².